The van der Waals surface area contributed by atoms with Gasteiger partial charge >= 0.3 is 0 Å². The van der Waals surface area contributed by atoms with Crippen molar-refractivity contribution in [3.05, 3.63) is 0 Å². The lowest BCUT2D eigenvalue weighted by molar-refractivity contribution is 0.334. The van der Waals surface area contributed by atoms with E-state index in [9.17, 15) is 4.39 Å². The van der Waals surface area contributed by atoms with E-state index in [1.54, 1.807) is 7.05 Å². The van der Waals surface area contributed by atoms with Gasteiger partial charge in [0.05, 0.1) is 0 Å². The van der Waals surface area contributed by atoms with Gasteiger partial charge in [-0.25, -0.2) is 4.39 Å². The Morgan fingerprint density at radius 2 is 2.43 bits per heavy atom. The molecule has 3 heteroatoms. The van der Waals surface area contributed by atoms with Gasteiger partial charge in [0, 0.05) is 13.1 Å². The zero-order valence-electron chi connectivity index (χ0n) is 4.45. The Morgan fingerprint density at radius 3 is 2.57 bits per heavy atom. The van der Waals surface area contributed by atoms with Crippen molar-refractivity contribution in [1.82, 2.24) is 5.32 Å². The Labute approximate surface area is 42.9 Å². The first-order chi connectivity index (χ1) is 3.31. The minimum atomic E-state index is -0.884. The van der Waals surface area contributed by atoms with Crippen molar-refractivity contribution in [3.63, 3.8) is 0 Å². The minimum absolute atomic E-state index is 0.112. The third kappa shape index (κ3) is 3.69. The molecule has 0 amide bonds. The maximum atomic E-state index is 11.9. The average molecular weight is 106 g/mol. The highest BCUT2D eigenvalue weighted by molar-refractivity contribution is 4.56. The van der Waals surface area contributed by atoms with E-state index in [1.165, 1.54) is 0 Å². The lowest BCUT2D eigenvalue weighted by Gasteiger charge is -2.00. The lowest BCUT2D eigenvalue weighted by Crippen LogP contribution is -2.26. The Morgan fingerprint density at radius 1 is 1.86 bits per heavy atom. The van der Waals surface area contributed by atoms with Crippen LogP contribution in [0.15, 0.2) is 0 Å². The fraction of sp³-hybridized carbons (Fsp3) is 1.00. The van der Waals surface area contributed by atoms with E-state index in [4.69, 9.17) is 5.73 Å². The van der Waals surface area contributed by atoms with Gasteiger partial charge in [-0.3, -0.25) is 0 Å². The van der Waals surface area contributed by atoms with Crippen LogP contribution in [0.1, 0.15) is 0 Å². The van der Waals surface area contributed by atoms with E-state index < -0.39 is 6.17 Å². The number of hydrogen-bond donors (Lipinski definition) is 2. The smallest absolute Gasteiger partial charge is 0.125 e. The van der Waals surface area contributed by atoms with Crippen LogP contribution in [0.5, 0.6) is 0 Å². The predicted octanol–water partition coefficient (Wildman–Crippen LogP) is -0.497. The second kappa shape index (κ2) is 4.02. The standard InChI is InChI=1S/C4H11FN2/c1-7-3-4(5)2-6/h4,7H,2-3,6H2,1H3. The van der Waals surface area contributed by atoms with Crippen molar-refractivity contribution in [2.45, 2.75) is 6.17 Å². The predicted molar refractivity (Wildman–Crippen MR) is 27.9 cm³/mol. The van der Waals surface area contributed by atoms with Crippen LogP contribution in [-0.2, 0) is 0 Å². The van der Waals surface area contributed by atoms with Crippen molar-refractivity contribution < 1.29 is 4.39 Å². The molecule has 0 rings (SSSR count). The van der Waals surface area contributed by atoms with Gasteiger partial charge in [-0.1, -0.05) is 0 Å². The van der Waals surface area contributed by atoms with Crippen molar-refractivity contribution in [1.29, 1.82) is 0 Å². The maximum absolute atomic E-state index is 11.9. The number of nitrogens with one attached hydrogen (secondary N) is 1. The minimum Gasteiger partial charge on any atom is -0.328 e. The first-order valence-corrected chi connectivity index (χ1v) is 2.30. The summed E-state index contributed by atoms with van der Waals surface area (Å²) in [5.41, 5.74) is 4.94. The Hall–Kier alpha value is -0.150. The first kappa shape index (κ1) is 6.85. The Balaban J connectivity index is 2.83. The number of nitrogens with two attached hydrogens (primary N) is 1. The van der Waals surface area contributed by atoms with Gasteiger partial charge in [-0.05, 0) is 7.05 Å². The molecule has 0 saturated heterocycles. The molecule has 0 aromatic carbocycles. The van der Waals surface area contributed by atoms with Gasteiger partial charge in [-0.15, -0.1) is 0 Å². The summed E-state index contributed by atoms with van der Waals surface area (Å²) in [5, 5.41) is 2.66. The molecule has 0 aliphatic carbocycles. The van der Waals surface area contributed by atoms with Crippen LogP contribution in [0.2, 0.25) is 0 Å². The molecular weight excluding hydrogens is 95.1 g/mol. The van der Waals surface area contributed by atoms with E-state index in [2.05, 4.69) is 5.32 Å². The third-order valence-electron chi connectivity index (χ3n) is 0.681. The Kier molecular flexibility index (Phi) is 3.93. The molecule has 3 N–H and O–H groups in total. The van der Waals surface area contributed by atoms with Crippen molar-refractivity contribution in [2.75, 3.05) is 20.1 Å². The van der Waals surface area contributed by atoms with E-state index in [0.717, 1.165) is 0 Å². The molecule has 7 heavy (non-hydrogen) atoms. The molecular formula is C4H11FN2. The van der Waals surface area contributed by atoms with Crippen molar-refractivity contribution >= 4 is 0 Å². The van der Waals surface area contributed by atoms with Gasteiger partial charge in [0.2, 0.25) is 0 Å². The number of halogens is 1. The Bertz CT molecular complexity index is 40.7. The molecule has 1 unspecified atom stereocenters. The SMILES string of the molecule is CNCC(F)CN. The molecule has 0 spiro atoms. The highest BCUT2D eigenvalue weighted by atomic mass is 19.1. The van der Waals surface area contributed by atoms with Gasteiger partial charge in [0.25, 0.3) is 0 Å². The summed E-state index contributed by atoms with van der Waals surface area (Å²) in [4.78, 5) is 0. The number of hydrogen-bond acceptors (Lipinski definition) is 2. The van der Waals surface area contributed by atoms with Gasteiger partial charge in [0.15, 0.2) is 0 Å². The quantitative estimate of drug-likeness (QED) is 0.509. The highest BCUT2D eigenvalue weighted by Gasteiger charge is 1.97. The molecule has 0 aromatic rings. The fourth-order valence-electron chi connectivity index (χ4n) is 0.305. The van der Waals surface area contributed by atoms with Crippen LogP contribution in [0.3, 0.4) is 0 Å². The lowest BCUT2D eigenvalue weighted by atomic mass is 10.4. The van der Waals surface area contributed by atoms with E-state index in [0.29, 0.717) is 6.54 Å². The molecule has 0 aromatic heterocycles. The highest BCUT2D eigenvalue weighted by Crippen LogP contribution is 1.80. The second-order valence-electron chi connectivity index (χ2n) is 1.39. The summed E-state index contributed by atoms with van der Waals surface area (Å²) in [7, 11) is 1.70. The van der Waals surface area contributed by atoms with Crippen LogP contribution >= 0.6 is 0 Å². The summed E-state index contributed by atoms with van der Waals surface area (Å²) >= 11 is 0. The molecule has 0 aliphatic heterocycles. The van der Waals surface area contributed by atoms with Gasteiger partial charge in [0.1, 0.15) is 6.17 Å². The van der Waals surface area contributed by atoms with Crippen LogP contribution in [0.25, 0.3) is 0 Å². The molecule has 0 radical (unpaired) electrons. The summed E-state index contributed by atoms with van der Waals surface area (Å²) in [6.07, 6.45) is -0.884. The second-order valence-corrected chi connectivity index (χ2v) is 1.39. The molecule has 0 heterocycles. The summed E-state index contributed by atoms with van der Waals surface area (Å²) in [6, 6.07) is 0. The van der Waals surface area contributed by atoms with Crippen molar-refractivity contribution in [2.24, 2.45) is 5.73 Å². The normalized spacial score (nSPS) is 14.1. The van der Waals surface area contributed by atoms with Gasteiger partial charge in [-0.2, -0.15) is 0 Å². The summed E-state index contributed by atoms with van der Waals surface area (Å²) in [6.45, 7) is 0.470. The number of alkyl halides is 1. The third-order valence-corrected chi connectivity index (χ3v) is 0.681. The summed E-state index contributed by atoms with van der Waals surface area (Å²) in [5.74, 6) is 0. The van der Waals surface area contributed by atoms with E-state index in [-0.39, 0.29) is 6.54 Å². The fourth-order valence-corrected chi connectivity index (χ4v) is 0.305. The van der Waals surface area contributed by atoms with E-state index in [1.807, 2.05) is 0 Å². The number of rotatable bonds is 3. The summed E-state index contributed by atoms with van der Waals surface area (Å²) < 4.78 is 11.9. The molecule has 1 atom stereocenters. The first-order valence-electron chi connectivity index (χ1n) is 2.30. The topological polar surface area (TPSA) is 38.0 Å². The van der Waals surface area contributed by atoms with Crippen LogP contribution < -0.4 is 11.1 Å². The molecule has 0 fully saturated rings. The van der Waals surface area contributed by atoms with Crippen LogP contribution in [-0.4, -0.2) is 26.3 Å². The van der Waals surface area contributed by atoms with Crippen LogP contribution in [0.4, 0.5) is 4.39 Å². The molecule has 0 saturated carbocycles. The van der Waals surface area contributed by atoms with Crippen LogP contribution in [0, 0.1) is 0 Å². The monoisotopic (exact) mass is 106 g/mol. The van der Waals surface area contributed by atoms with Gasteiger partial charge < -0.3 is 11.1 Å². The largest absolute Gasteiger partial charge is 0.328 e. The molecule has 2 nitrogen and oxygen atoms in total. The molecule has 0 aliphatic rings. The zero-order valence-corrected chi connectivity index (χ0v) is 4.45. The molecule has 0 bridgehead atoms. The van der Waals surface area contributed by atoms with E-state index >= 15 is 0 Å². The molecule has 44 valence electrons. The zero-order chi connectivity index (χ0) is 5.70. The maximum Gasteiger partial charge on any atom is 0.125 e. The van der Waals surface area contributed by atoms with Crippen molar-refractivity contribution in [3.8, 4) is 0 Å². The average Bonchev–Trinajstić information content (AvgIpc) is 1.68.